The molecule has 1 unspecified atom stereocenters. The maximum Gasteiger partial charge on any atom is 0.308 e. The Kier molecular flexibility index (Phi) is 9.17. The molecule has 0 aromatic carbocycles. The van der Waals surface area contributed by atoms with E-state index in [9.17, 15) is 14.4 Å². The fraction of sp³-hybridized carbons (Fsp3) is 0.458. The van der Waals surface area contributed by atoms with Crippen molar-refractivity contribution in [3.05, 3.63) is 53.5 Å². The molecule has 0 aliphatic carbocycles. The zero-order valence-corrected chi connectivity index (χ0v) is 18.9. The van der Waals surface area contributed by atoms with E-state index in [0.717, 1.165) is 30.9 Å². The van der Waals surface area contributed by atoms with E-state index in [1.54, 1.807) is 31.5 Å². The van der Waals surface area contributed by atoms with Gasteiger partial charge in [0, 0.05) is 31.1 Å². The van der Waals surface area contributed by atoms with E-state index in [1.807, 2.05) is 6.07 Å². The lowest BCUT2D eigenvalue weighted by Crippen LogP contribution is -2.39. The van der Waals surface area contributed by atoms with Crippen LogP contribution in [0.4, 0.5) is 5.82 Å². The number of fused-ring (bicyclic) bond motifs is 1. The van der Waals surface area contributed by atoms with Gasteiger partial charge in [0.15, 0.2) is 0 Å². The SMILES string of the molecule is CCOC(=O)CC(NC(=O)CNC(=O)CCCc1ccc2c(n1)NCCC2)c1cccnc1. The van der Waals surface area contributed by atoms with E-state index in [-0.39, 0.29) is 31.4 Å². The van der Waals surface area contributed by atoms with E-state index in [2.05, 4.69) is 32.0 Å². The van der Waals surface area contributed by atoms with Crippen molar-refractivity contribution in [2.24, 2.45) is 0 Å². The van der Waals surface area contributed by atoms with Crippen molar-refractivity contribution in [3.63, 3.8) is 0 Å². The number of amides is 2. The lowest BCUT2D eigenvalue weighted by atomic mass is 10.1. The molecule has 1 atom stereocenters. The molecule has 0 fully saturated rings. The molecule has 1 aliphatic rings. The average Bonchev–Trinajstić information content (AvgIpc) is 2.83. The van der Waals surface area contributed by atoms with E-state index in [1.165, 1.54) is 5.56 Å². The molecule has 0 saturated heterocycles. The van der Waals surface area contributed by atoms with Crippen molar-refractivity contribution in [2.75, 3.05) is 25.0 Å². The van der Waals surface area contributed by atoms with Crippen molar-refractivity contribution >= 4 is 23.6 Å². The summed E-state index contributed by atoms with van der Waals surface area (Å²) in [5, 5.41) is 8.73. The zero-order chi connectivity index (χ0) is 23.5. The Labute approximate surface area is 193 Å². The maximum absolute atomic E-state index is 12.4. The second kappa shape index (κ2) is 12.5. The van der Waals surface area contributed by atoms with Gasteiger partial charge in [-0.25, -0.2) is 4.98 Å². The van der Waals surface area contributed by atoms with Crippen molar-refractivity contribution in [3.8, 4) is 0 Å². The summed E-state index contributed by atoms with van der Waals surface area (Å²) in [7, 11) is 0. The van der Waals surface area contributed by atoms with Crippen molar-refractivity contribution in [2.45, 2.75) is 51.5 Å². The quantitative estimate of drug-likeness (QED) is 0.445. The Bertz CT molecular complexity index is 951. The first-order valence-electron chi connectivity index (χ1n) is 11.4. The van der Waals surface area contributed by atoms with Crippen LogP contribution in [0.1, 0.15) is 55.5 Å². The number of carbonyl (C=O) groups excluding carboxylic acids is 3. The third kappa shape index (κ3) is 7.85. The molecule has 0 bridgehead atoms. The second-order valence-corrected chi connectivity index (χ2v) is 7.89. The Hall–Kier alpha value is -3.49. The maximum atomic E-state index is 12.4. The minimum absolute atomic E-state index is 0.0120. The third-order valence-corrected chi connectivity index (χ3v) is 5.33. The smallest absolute Gasteiger partial charge is 0.308 e. The fourth-order valence-electron chi connectivity index (χ4n) is 3.67. The summed E-state index contributed by atoms with van der Waals surface area (Å²) in [6.07, 6.45) is 6.99. The van der Waals surface area contributed by atoms with Gasteiger partial charge in [-0.1, -0.05) is 12.1 Å². The molecule has 9 heteroatoms. The summed E-state index contributed by atoms with van der Waals surface area (Å²) in [6.45, 7) is 2.76. The largest absolute Gasteiger partial charge is 0.466 e. The van der Waals surface area contributed by atoms with Gasteiger partial charge >= 0.3 is 5.97 Å². The van der Waals surface area contributed by atoms with Gasteiger partial charge in [0.2, 0.25) is 11.8 Å². The van der Waals surface area contributed by atoms with E-state index < -0.39 is 12.0 Å². The number of nitrogens with zero attached hydrogens (tertiary/aromatic N) is 2. The number of anilines is 1. The monoisotopic (exact) mass is 453 g/mol. The lowest BCUT2D eigenvalue weighted by molar-refractivity contribution is -0.144. The fourth-order valence-corrected chi connectivity index (χ4v) is 3.67. The number of pyridine rings is 2. The van der Waals surface area contributed by atoms with Crippen molar-refractivity contribution in [1.82, 2.24) is 20.6 Å². The van der Waals surface area contributed by atoms with E-state index in [4.69, 9.17) is 4.74 Å². The van der Waals surface area contributed by atoms with Crippen LogP contribution < -0.4 is 16.0 Å². The van der Waals surface area contributed by atoms with Crippen LogP contribution in [0.2, 0.25) is 0 Å². The number of carbonyl (C=O) groups is 3. The number of rotatable bonds is 11. The minimum Gasteiger partial charge on any atom is -0.466 e. The first kappa shape index (κ1) is 24.2. The number of aryl methyl sites for hydroxylation is 2. The number of hydrogen-bond acceptors (Lipinski definition) is 7. The number of esters is 1. The normalized spacial score (nSPS) is 13.2. The molecule has 2 amide bonds. The lowest BCUT2D eigenvalue weighted by Gasteiger charge is -2.18. The molecule has 33 heavy (non-hydrogen) atoms. The molecule has 0 saturated carbocycles. The van der Waals surface area contributed by atoms with Gasteiger partial charge in [-0.15, -0.1) is 0 Å². The molecule has 0 spiro atoms. The predicted molar refractivity (Wildman–Crippen MR) is 123 cm³/mol. The molecular formula is C24H31N5O4. The Morgan fingerprint density at radius 3 is 2.88 bits per heavy atom. The summed E-state index contributed by atoms with van der Waals surface area (Å²) in [5.74, 6) is -0.0546. The molecule has 9 nitrogen and oxygen atoms in total. The number of aromatic nitrogens is 2. The van der Waals surface area contributed by atoms with Crippen LogP contribution in [-0.2, 0) is 32.0 Å². The van der Waals surface area contributed by atoms with Gasteiger partial charge in [0.1, 0.15) is 5.82 Å². The van der Waals surface area contributed by atoms with Gasteiger partial charge in [-0.3, -0.25) is 19.4 Å². The highest BCUT2D eigenvalue weighted by molar-refractivity contribution is 5.85. The third-order valence-electron chi connectivity index (χ3n) is 5.33. The Balaban J connectivity index is 1.42. The molecule has 3 rings (SSSR count). The summed E-state index contributed by atoms with van der Waals surface area (Å²) in [5.41, 5.74) is 2.88. The molecule has 176 valence electrons. The number of hydrogen-bond donors (Lipinski definition) is 3. The molecule has 2 aromatic heterocycles. The standard InChI is InChI=1S/C24H31N5O4/c1-2-33-23(32)14-20(18-7-4-12-25-15-18)29-22(31)16-27-21(30)9-3-8-19-11-10-17-6-5-13-26-24(17)28-19/h4,7,10-12,15,20H,2-3,5-6,8-9,13-14,16H2,1H3,(H,26,28)(H,27,30)(H,29,31). The highest BCUT2D eigenvalue weighted by Crippen LogP contribution is 2.20. The predicted octanol–water partition coefficient (Wildman–Crippen LogP) is 2.08. The Morgan fingerprint density at radius 1 is 1.21 bits per heavy atom. The first-order valence-corrected chi connectivity index (χ1v) is 11.4. The topological polar surface area (TPSA) is 122 Å². The van der Waals surface area contributed by atoms with E-state index >= 15 is 0 Å². The van der Waals surface area contributed by atoms with Crippen LogP contribution in [0.25, 0.3) is 0 Å². The molecule has 3 heterocycles. The Morgan fingerprint density at radius 2 is 2.09 bits per heavy atom. The van der Waals surface area contributed by atoms with Crippen LogP contribution in [0, 0.1) is 0 Å². The van der Waals surface area contributed by atoms with Gasteiger partial charge in [-0.05, 0) is 55.9 Å². The first-order chi connectivity index (χ1) is 16.0. The van der Waals surface area contributed by atoms with Crippen LogP contribution in [0.5, 0.6) is 0 Å². The van der Waals surface area contributed by atoms with Crippen LogP contribution in [0.3, 0.4) is 0 Å². The van der Waals surface area contributed by atoms with Gasteiger partial charge in [0.05, 0.1) is 25.6 Å². The molecule has 1 aliphatic heterocycles. The molecule has 3 N–H and O–H groups in total. The van der Waals surface area contributed by atoms with Gasteiger partial charge in [-0.2, -0.15) is 0 Å². The highest BCUT2D eigenvalue weighted by atomic mass is 16.5. The summed E-state index contributed by atoms with van der Waals surface area (Å²) in [4.78, 5) is 45.2. The number of nitrogens with one attached hydrogen (secondary N) is 3. The minimum atomic E-state index is -0.578. The summed E-state index contributed by atoms with van der Waals surface area (Å²) < 4.78 is 5.00. The van der Waals surface area contributed by atoms with E-state index in [0.29, 0.717) is 24.8 Å². The van der Waals surface area contributed by atoms with Crippen LogP contribution >= 0.6 is 0 Å². The average molecular weight is 454 g/mol. The second-order valence-electron chi connectivity index (χ2n) is 7.89. The molecular weight excluding hydrogens is 422 g/mol. The van der Waals surface area contributed by atoms with Crippen LogP contribution in [-0.4, -0.2) is 47.4 Å². The van der Waals surface area contributed by atoms with Gasteiger partial charge < -0.3 is 20.7 Å². The molecule has 0 radical (unpaired) electrons. The van der Waals surface area contributed by atoms with Crippen molar-refractivity contribution in [1.29, 1.82) is 0 Å². The highest BCUT2D eigenvalue weighted by Gasteiger charge is 2.20. The molecule has 2 aromatic rings. The summed E-state index contributed by atoms with van der Waals surface area (Å²) in [6, 6.07) is 7.04. The summed E-state index contributed by atoms with van der Waals surface area (Å²) >= 11 is 0. The van der Waals surface area contributed by atoms with Crippen molar-refractivity contribution < 1.29 is 19.1 Å². The van der Waals surface area contributed by atoms with Crippen LogP contribution in [0.15, 0.2) is 36.7 Å². The zero-order valence-electron chi connectivity index (χ0n) is 18.9. The van der Waals surface area contributed by atoms with Gasteiger partial charge in [0.25, 0.3) is 0 Å². The number of ether oxygens (including phenoxy) is 1.